The van der Waals surface area contributed by atoms with Gasteiger partial charge in [-0.15, -0.1) is 11.3 Å². The molecule has 4 nitrogen and oxygen atoms in total. The number of hydrogen-bond donors (Lipinski definition) is 2. The number of nitrogens with one attached hydrogen (secondary N) is 2. The monoisotopic (exact) mass is 414 g/mol. The van der Waals surface area contributed by atoms with E-state index in [2.05, 4.69) is 10.6 Å². The molecule has 0 radical (unpaired) electrons. The lowest BCUT2D eigenvalue weighted by molar-refractivity contribution is 0.0603. The number of anilines is 2. The van der Waals surface area contributed by atoms with Gasteiger partial charge < -0.3 is 15.4 Å². The average molecular weight is 415 g/mol. The molecule has 0 unspecified atom stereocenters. The molecule has 0 fully saturated rings. The molecule has 0 saturated heterocycles. The first-order valence-electron chi connectivity index (χ1n) is 8.52. The van der Waals surface area contributed by atoms with Crippen LogP contribution in [0.3, 0.4) is 0 Å². The summed E-state index contributed by atoms with van der Waals surface area (Å²) in [5.74, 6) is -0.870. The van der Waals surface area contributed by atoms with Crippen molar-refractivity contribution in [1.82, 2.24) is 0 Å². The summed E-state index contributed by atoms with van der Waals surface area (Å²) in [6.07, 6.45) is 0. The lowest BCUT2D eigenvalue weighted by Gasteiger charge is -2.12. The molecule has 144 valence electrons. The van der Waals surface area contributed by atoms with Gasteiger partial charge in [-0.05, 0) is 49.3 Å². The van der Waals surface area contributed by atoms with Gasteiger partial charge in [0.1, 0.15) is 16.4 Å². The van der Waals surface area contributed by atoms with Crippen LogP contribution in [0.5, 0.6) is 0 Å². The molecule has 0 aliphatic carbocycles. The zero-order valence-electron chi connectivity index (χ0n) is 15.6. The molecule has 28 heavy (non-hydrogen) atoms. The van der Waals surface area contributed by atoms with E-state index in [1.54, 1.807) is 12.1 Å². The van der Waals surface area contributed by atoms with Crippen LogP contribution in [0.2, 0.25) is 0 Å². The molecular weight excluding hydrogens is 395 g/mol. The van der Waals surface area contributed by atoms with E-state index < -0.39 is 11.8 Å². The smallest absolute Gasteiger partial charge is 0.341 e. The highest BCUT2D eigenvalue weighted by molar-refractivity contribution is 7.80. The number of methoxy groups -OCH3 is 1. The Morgan fingerprint density at radius 2 is 1.82 bits per heavy atom. The van der Waals surface area contributed by atoms with Crippen LogP contribution >= 0.6 is 23.6 Å². The van der Waals surface area contributed by atoms with Crippen LogP contribution in [-0.4, -0.2) is 18.2 Å². The molecule has 3 rings (SSSR count). The minimum absolute atomic E-state index is 0.190. The van der Waals surface area contributed by atoms with E-state index in [0.29, 0.717) is 10.6 Å². The van der Waals surface area contributed by atoms with Crippen molar-refractivity contribution < 1.29 is 13.9 Å². The first kappa shape index (κ1) is 20.0. The van der Waals surface area contributed by atoms with Crippen LogP contribution < -0.4 is 10.6 Å². The number of esters is 1. The van der Waals surface area contributed by atoms with E-state index >= 15 is 0 Å². The third kappa shape index (κ3) is 4.21. The summed E-state index contributed by atoms with van der Waals surface area (Å²) in [5.41, 5.74) is 3.29. The second kappa shape index (κ2) is 8.50. The van der Waals surface area contributed by atoms with Gasteiger partial charge >= 0.3 is 5.97 Å². The standard InChI is InChI=1S/C21H19FN2O2S2/c1-12-9-10-15(22)16(11-12)23-21(27)24-19-18(20(25)26-3)17(13(2)28-19)14-7-5-4-6-8-14/h4-11H,1-3H3,(H2,23,24,27). The Labute approximate surface area is 172 Å². The third-order valence-electron chi connectivity index (χ3n) is 4.13. The van der Waals surface area contributed by atoms with Gasteiger partial charge in [0, 0.05) is 10.4 Å². The van der Waals surface area contributed by atoms with Crippen molar-refractivity contribution in [3.63, 3.8) is 0 Å². The topological polar surface area (TPSA) is 50.4 Å². The van der Waals surface area contributed by atoms with E-state index in [4.69, 9.17) is 17.0 Å². The fraction of sp³-hybridized carbons (Fsp3) is 0.143. The Kier molecular flexibility index (Phi) is 6.06. The Bertz CT molecular complexity index is 1030. The van der Waals surface area contributed by atoms with Crippen LogP contribution in [0.15, 0.2) is 48.5 Å². The second-order valence-corrected chi connectivity index (χ2v) is 7.79. The molecule has 1 aromatic heterocycles. The number of hydrogen-bond acceptors (Lipinski definition) is 4. The molecule has 0 aliphatic rings. The Balaban J connectivity index is 1.94. The second-order valence-electron chi connectivity index (χ2n) is 6.16. The van der Waals surface area contributed by atoms with Crippen molar-refractivity contribution in [3.8, 4) is 11.1 Å². The van der Waals surface area contributed by atoms with Crippen LogP contribution in [-0.2, 0) is 4.74 Å². The van der Waals surface area contributed by atoms with Gasteiger partial charge in [0.2, 0.25) is 0 Å². The van der Waals surface area contributed by atoms with Crippen LogP contribution in [0.4, 0.5) is 15.1 Å². The Morgan fingerprint density at radius 1 is 1.11 bits per heavy atom. The zero-order valence-corrected chi connectivity index (χ0v) is 17.3. The first-order valence-corrected chi connectivity index (χ1v) is 9.74. The maximum atomic E-state index is 14.0. The normalized spacial score (nSPS) is 10.4. The molecule has 0 spiro atoms. The zero-order chi connectivity index (χ0) is 20.3. The largest absolute Gasteiger partial charge is 0.465 e. The lowest BCUT2D eigenvalue weighted by atomic mass is 10.0. The Morgan fingerprint density at radius 3 is 2.50 bits per heavy atom. The molecule has 0 aliphatic heterocycles. The van der Waals surface area contributed by atoms with Crippen molar-refractivity contribution in [3.05, 3.63) is 70.4 Å². The van der Waals surface area contributed by atoms with Gasteiger partial charge in [-0.3, -0.25) is 0 Å². The van der Waals surface area contributed by atoms with Gasteiger partial charge in [-0.2, -0.15) is 0 Å². The van der Waals surface area contributed by atoms with Crippen molar-refractivity contribution >= 4 is 45.3 Å². The highest BCUT2D eigenvalue weighted by Crippen LogP contribution is 2.40. The number of carbonyl (C=O) groups excluding carboxylic acids is 1. The predicted octanol–water partition coefficient (Wildman–Crippen LogP) is 5.77. The van der Waals surface area contributed by atoms with Crippen LogP contribution in [0.1, 0.15) is 20.8 Å². The van der Waals surface area contributed by atoms with Crippen LogP contribution in [0, 0.1) is 19.7 Å². The molecular formula is C21H19FN2O2S2. The SMILES string of the molecule is COC(=O)c1c(NC(=S)Nc2cc(C)ccc2F)sc(C)c1-c1ccccc1. The highest BCUT2D eigenvalue weighted by atomic mass is 32.1. The van der Waals surface area contributed by atoms with Crippen molar-refractivity contribution in [2.45, 2.75) is 13.8 Å². The lowest BCUT2D eigenvalue weighted by Crippen LogP contribution is -2.20. The van der Waals surface area contributed by atoms with E-state index in [1.807, 2.05) is 44.2 Å². The summed E-state index contributed by atoms with van der Waals surface area (Å²) in [7, 11) is 1.34. The number of ether oxygens (including phenoxy) is 1. The summed E-state index contributed by atoms with van der Waals surface area (Å²) >= 11 is 6.73. The Hall–Kier alpha value is -2.77. The molecule has 0 saturated carbocycles. The number of halogens is 1. The number of thiophene rings is 1. The minimum atomic E-state index is -0.463. The van der Waals surface area contributed by atoms with Crippen molar-refractivity contribution in [2.24, 2.45) is 0 Å². The van der Waals surface area contributed by atoms with Gasteiger partial charge in [-0.1, -0.05) is 36.4 Å². The molecule has 1 heterocycles. The number of rotatable bonds is 4. The molecule has 3 aromatic rings. The third-order valence-corrected chi connectivity index (χ3v) is 5.36. The maximum absolute atomic E-state index is 14.0. The maximum Gasteiger partial charge on any atom is 0.341 e. The van der Waals surface area contributed by atoms with Crippen LogP contribution in [0.25, 0.3) is 11.1 Å². The minimum Gasteiger partial charge on any atom is -0.465 e. The quantitative estimate of drug-likeness (QED) is 0.419. The predicted molar refractivity (Wildman–Crippen MR) is 117 cm³/mol. The number of aryl methyl sites for hydroxylation is 2. The van der Waals surface area contributed by atoms with E-state index in [-0.39, 0.29) is 10.8 Å². The van der Waals surface area contributed by atoms with E-state index in [9.17, 15) is 9.18 Å². The van der Waals surface area contributed by atoms with Gasteiger partial charge in [0.25, 0.3) is 0 Å². The van der Waals surface area contributed by atoms with E-state index in [1.165, 1.54) is 24.5 Å². The van der Waals surface area contributed by atoms with Gasteiger partial charge in [0.05, 0.1) is 12.8 Å². The van der Waals surface area contributed by atoms with Gasteiger partial charge in [-0.25, -0.2) is 9.18 Å². The summed E-state index contributed by atoms with van der Waals surface area (Å²) in [6.45, 7) is 3.80. The molecule has 2 aromatic carbocycles. The summed E-state index contributed by atoms with van der Waals surface area (Å²) in [5, 5.41) is 6.62. The fourth-order valence-electron chi connectivity index (χ4n) is 2.87. The number of thiocarbonyl (C=S) groups is 1. The van der Waals surface area contributed by atoms with Crippen molar-refractivity contribution in [1.29, 1.82) is 0 Å². The fourth-order valence-corrected chi connectivity index (χ4v) is 4.22. The molecule has 2 N–H and O–H groups in total. The summed E-state index contributed by atoms with van der Waals surface area (Å²) in [4.78, 5) is 13.4. The molecule has 7 heteroatoms. The summed E-state index contributed by atoms with van der Waals surface area (Å²) < 4.78 is 19.0. The van der Waals surface area contributed by atoms with E-state index in [0.717, 1.165) is 21.6 Å². The number of benzene rings is 2. The number of carbonyl (C=O) groups is 1. The molecule has 0 bridgehead atoms. The summed E-state index contributed by atoms with van der Waals surface area (Å²) in [6, 6.07) is 14.3. The first-order chi connectivity index (χ1) is 13.4. The highest BCUT2D eigenvalue weighted by Gasteiger charge is 2.24. The van der Waals surface area contributed by atoms with Gasteiger partial charge in [0.15, 0.2) is 5.11 Å². The van der Waals surface area contributed by atoms with Crippen molar-refractivity contribution in [2.75, 3.05) is 17.7 Å². The molecule has 0 amide bonds. The average Bonchev–Trinajstić information content (AvgIpc) is 3.00. The molecule has 0 atom stereocenters.